The molecule has 5 rings (SSSR count). The Morgan fingerprint density at radius 3 is 1.93 bits per heavy atom. The predicted octanol–water partition coefficient (Wildman–Crippen LogP) is 7.36. The lowest BCUT2D eigenvalue weighted by Crippen LogP contribution is -2.30. The quantitative estimate of drug-likeness (QED) is 0.0812. The fraction of sp³-hybridized carbons (Fsp3) is 0.0556. The highest BCUT2D eigenvalue weighted by atomic mass is 32.2. The zero-order valence-corrected chi connectivity index (χ0v) is 25.0. The molecule has 0 saturated carbocycles. The van der Waals surface area contributed by atoms with Crippen molar-refractivity contribution in [1.29, 1.82) is 0 Å². The summed E-state index contributed by atoms with van der Waals surface area (Å²) in [5.41, 5.74) is 2.88. The molecule has 9 heteroatoms. The van der Waals surface area contributed by atoms with E-state index in [1.165, 1.54) is 31.0 Å². The third-order valence-electron chi connectivity index (χ3n) is 6.62. The maximum Gasteiger partial charge on any atom is 0.272 e. The highest BCUT2D eigenvalue weighted by Crippen LogP contribution is 2.36. The van der Waals surface area contributed by atoms with Gasteiger partial charge >= 0.3 is 0 Å². The molecule has 0 aliphatic rings. The third kappa shape index (κ3) is 8.46. The minimum atomic E-state index is -0.574. The summed E-state index contributed by atoms with van der Waals surface area (Å²) in [7, 11) is 0. The van der Waals surface area contributed by atoms with E-state index in [-0.39, 0.29) is 17.4 Å². The summed E-state index contributed by atoms with van der Waals surface area (Å²) >= 11 is 1.36. The first-order valence-electron chi connectivity index (χ1n) is 14.0. The summed E-state index contributed by atoms with van der Waals surface area (Å²) in [5, 5.41) is 7.86. The number of carbonyl (C=O) groups is 4. The number of benzene rings is 4. The van der Waals surface area contributed by atoms with Crippen LogP contribution in [0, 0.1) is 0 Å². The lowest BCUT2D eigenvalue weighted by Gasteiger charge is -2.18. The van der Waals surface area contributed by atoms with Crippen molar-refractivity contribution >= 4 is 52.7 Å². The fourth-order valence-electron chi connectivity index (χ4n) is 4.31. The molecule has 4 aromatic carbocycles. The van der Waals surface area contributed by atoms with Crippen LogP contribution in [0.15, 0.2) is 143 Å². The number of thioether (sulfide) groups is 1. The van der Waals surface area contributed by atoms with E-state index in [1.807, 2.05) is 42.5 Å². The van der Waals surface area contributed by atoms with E-state index in [9.17, 15) is 19.2 Å². The Labute approximate surface area is 264 Å². The molecular formula is C36H29N3O5S. The molecule has 0 aliphatic heterocycles. The minimum absolute atomic E-state index is 0.00871. The van der Waals surface area contributed by atoms with Gasteiger partial charge in [-0.3, -0.25) is 19.2 Å². The van der Waals surface area contributed by atoms with E-state index in [4.69, 9.17) is 4.42 Å². The normalized spacial score (nSPS) is 11.7. The number of hydrogen-bond acceptors (Lipinski definition) is 6. The second-order valence-corrected chi connectivity index (χ2v) is 11.1. The number of Topliss-reactive ketones (excluding diaryl/α,β-unsaturated/α-hetero) is 1. The van der Waals surface area contributed by atoms with Crippen molar-refractivity contribution in [2.75, 3.05) is 10.6 Å². The van der Waals surface area contributed by atoms with Gasteiger partial charge in [-0.2, -0.15) is 0 Å². The van der Waals surface area contributed by atoms with Crippen molar-refractivity contribution in [3.05, 3.63) is 156 Å². The van der Waals surface area contributed by atoms with E-state index in [0.717, 1.165) is 10.5 Å². The molecule has 1 atom stereocenters. The van der Waals surface area contributed by atoms with Gasteiger partial charge in [-0.25, -0.2) is 0 Å². The topological polar surface area (TPSA) is 118 Å². The maximum atomic E-state index is 13.4. The average molecular weight is 616 g/mol. The van der Waals surface area contributed by atoms with Crippen molar-refractivity contribution in [3.8, 4) is 0 Å². The summed E-state index contributed by atoms with van der Waals surface area (Å²) < 4.78 is 5.36. The van der Waals surface area contributed by atoms with Crippen LogP contribution >= 0.6 is 11.8 Å². The Morgan fingerprint density at radius 2 is 1.31 bits per heavy atom. The molecule has 1 aromatic heterocycles. The Kier molecular flexibility index (Phi) is 10.0. The molecule has 1 unspecified atom stereocenters. The summed E-state index contributed by atoms with van der Waals surface area (Å²) in [6, 6.07) is 35.2. The first kappa shape index (κ1) is 30.8. The molecular weight excluding hydrogens is 586 g/mol. The number of furan rings is 1. The Bertz CT molecular complexity index is 1800. The highest BCUT2D eigenvalue weighted by Gasteiger charge is 2.23. The van der Waals surface area contributed by atoms with E-state index in [2.05, 4.69) is 16.0 Å². The van der Waals surface area contributed by atoms with E-state index < -0.39 is 17.1 Å². The van der Waals surface area contributed by atoms with Crippen LogP contribution in [-0.2, 0) is 9.59 Å². The lowest BCUT2D eigenvalue weighted by molar-refractivity contribution is -0.116. The van der Waals surface area contributed by atoms with Gasteiger partial charge in [0.05, 0.1) is 6.26 Å². The SMILES string of the molecule is CC(=O)c1ccc(NC(=O)C(Sc2ccc(NC(=O)/C(=C/c3ccco3)NC(=O)c3ccccc3)cc2)c2ccccc2)cc1. The maximum absolute atomic E-state index is 13.4. The van der Waals surface area contributed by atoms with Gasteiger partial charge in [-0.05, 0) is 85.3 Å². The van der Waals surface area contributed by atoms with E-state index >= 15 is 0 Å². The number of ketones is 1. The van der Waals surface area contributed by atoms with Gasteiger partial charge in [0.25, 0.3) is 11.8 Å². The minimum Gasteiger partial charge on any atom is -0.465 e. The molecule has 0 radical (unpaired) electrons. The van der Waals surface area contributed by atoms with Crippen molar-refractivity contribution in [2.45, 2.75) is 17.1 Å². The number of nitrogens with one attached hydrogen (secondary N) is 3. The van der Waals surface area contributed by atoms with Gasteiger partial charge in [0.1, 0.15) is 16.7 Å². The van der Waals surface area contributed by atoms with Crippen molar-refractivity contribution in [3.63, 3.8) is 0 Å². The van der Waals surface area contributed by atoms with Crippen molar-refractivity contribution in [1.82, 2.24) is 5.32 Å². The summed E-state index contributed by atoms with van der Waals surface area (Å²) in [6.45, 7) is 1.49. The van der Waals surface area contributed by atoms with Crippen LogP contribution in [0.25, 0.3) is 6.08 Å². The summed E-state index contributed by atoms with van der Waals surface area (Å²) in [6.07, 6.45) is 2.93. The molecule has 3 N–H and O–H groups in total. The van der Waals surface area contributed by atoms with E-state index in [1.54, 1.807) is 78.9 Å². The van der Waals surface area contributed by atoms with Crippen molar-refractivity contribution in [2.24, 2.45) is 0 Å². The standard InChI is InChI=1S/C36H29N3O5S/c1-24(40)25-14-16-28(17-15-25)38-36(43)33(26-9-4-2-5-10-26)45-31-20-18-29(19-21-31)37-35(42)32(23-30-13-8-22-44-30)39-34(41)27-11-6-3-7-12-27/h2-23,33H,1H3,(H,37,42)(H,38,43)(H,39,41)/b32-23-. The molecule has 0 saturated heterocycles. The second-order valence-electron chi connectivity index (χ2n) is 9.90. The number of rotatable bonds is 11. The molecule has 5 aromatic rings. The number of anilines is 2. The number of hydrogen-bond donors (Lipinski definition) is 3. The predicted molar refractivity (Wildman–Crippen MR) is 176 cm³/mol. The van der Waals surface area contributed by atoms with Crippen LogP contribution in [-0.4, -0.2) is 23.5 Å². The molecule has 0 aliphatic carbocycles. The van der Waals surface area contributed by atoms with Crippen LogP contribution in [0.1, 0.15) is 44.2 Å². The zero-order valence-electron chi connectivity index (χ0n) is 24.2. The molecule has 45 heavy (non-hydrogen) atoms. The lowest BCUT2D eigenvalue weighted by atomic mass is 10.1. The molecule has 0 spiro atoms. The molecule has 0 fully saturated rings. The van der Waals surface area contributed by atoms with Crippen LogP contribution in [0.5, 0.6) is 0 Å². The third-order valence-corrected chi connectivity index (χ3v) is 7.89. The average Bonchev–Trinajstić information content (AvgIpc) is 3.58. The molecule has 224 valence electrons. The molecule has 1 heterocycles. The van der Waals surface area contributed by atoms with Gasteiger partial charge in [0.2, 0.25) is 5.91 Å². The van der Waals surface area contributed by atoms with Gasteiger partial charge < -0.3 is 20.4 Å². The Balaban J connectivity index is 1.29. The summed E-state index contributed by atoms with van der Waals surface area (Å²) in [5.74, 6) is -0.836. The van der Waals surface area contributed by atoms with Gasteiger partial charge in [0.15, 0.2) is 5.78 Å². The first-order valence-corrected chi connectivity index (χ1v) is 14.9. The molecule has 8 nitrogen and oxygen atoms in total. The van der Waals surface area contributed by atoms with Crippen LogP contribution in [0.3, 0.4) is 0 Å². The fourth-order valence-corrected chi connectivity index (χ4v) is 5.33. The van der Waals surface area contributed by atoms with Gasteiger partial charge in [-0.15, -0.1) is 11.8 Å². The smallest absolute Gasteiger partial charge is 0.272 e. The van der Waals surface area contributed by atoms with Crippen molar-refractivity contribution < 1.29 is 23.6 Å². The van der Waals surface area contributed by atoms with Crippen LogP contribution in [0.4, 0.5) is 11.4 Å². The number of carbonyl (C=O) groups excluding carboxylic acids is 4. The monoisotopic (exact) mass is 615 g/mol. The van der Waals surface area contributed by atoms with E-state index in [0.29, 0.717) is 28.3 Å². The Morgan fingerprint density at radius 1 is 0.689 bits per heavy atom. The molecule has 0 bridgehead atoms. The Hall–Kier alpha value is -5.67. The highest BCUT2D eigenvalue weighted by molar-refractivity contribution is 8.00. The zero-order chi connectivity index (χ0) is 31.6. The van der Waals surface area contributed by atoms with Crippen LogP contribution in [0.2, 0.25) is 0 Å². The van der Waals surface area contributed by atoms with Gasteiger partial charge in [0, 0.05) is 33.5 Å². The first-order chi connectivity index (χ1) is 21.9. The largest absolute Gasteiger partial charge is 0.465 e. The second kappa shape index (κ2) is 14.7. The number of amides is 3. The summed E-state index contributed by atoms with van der Waals surface area (Å²) in [4.78, 5) is 51.9. The molecule has 3 amide bonds. The van der Waals surface area contributed by atoms with Gasteiger partial charge in [-0.1, -0.05) is 48.5 Å². The van der Waals surface area contributed by atoms with Crippen LogP contribution < -0.4 is 16.0 Å².